The summed E-state index contributed by atoms with van der Waals surface area (Å²) in [5.41, 5.74) is 23.1. The van der Waals surface area contributed by atoms with E-state index in [1.807, 2.05) is 42.5 Å². The maximum Gasteiger partial charge on any atom is 0.243 e. The fraction of sp³-hybridized carbons (Fsp3) is 0.361. The van der Waals surface area contributed by atoms with Gasteiger partial charge in [0.2, 0.25) is 29.5 Å². The van der Waals surface area contributed by atoms with E-state index in [1.54, 1.807) is 12.1 Å². The number of carbonyl (C=O) groups is 5. The number of nitrogens with one attached hydrogen (secondary N) is 5. The minimum atomic E-state index is -1.20. The van der Waals surface area contributed by atoms with Crippen molar-refractivity contribution in [3.05, 3.63) is 77.9 Å². The number of hydrogen-bond acceptors (Lipinski definition) is 8. The Morgan fingerprint density at radius 3 is 1.70 bits per heavy atom. The van der Waals surface area contributed by atoms with Crippen LogP contribution in [0.3, 0.4) is 0 Å². The molecule has 14 N–H and O–H groups in total. The van der Waals surface area contributed by atoms with Gasteiger partial charge < -0.3 is 54.6 Å². The third-order valence-corrected chi connectivity index (χ3v) is 8.49. The van der Waals surface area contributed by atoms with E-state index in [0.29, 0.717) is 12.0 Å². The zero-order chi connectivity index (χ0) is 38.3. The van der Waals surface area contributed by atoms with E-state index in [4.69, 9.17) is 22.9 Å². The van der Waals surface area contributed by atoms with E-state index in [1.165, 1.54) is 12.1 Å². The second-order valence-electron chi connectivity index (χ2n) is 12.7. The molecule has 17 heteroatoms. The predicted molar refractivity (Wildman–Crippen MR) is 200 cm³/mol. The number of hydrogen-bond donors (Lipinski definition) is 10. The molecule has 4 atom stereocenters. The van der Waals surface area contributed by atoms with Crippen LogP contribution < -0.4 is 49.5 Å². The van der Waals surface area contributed by atoms with E-state index < -0.39 is 60.2 Å². The van der Waals surface area contributed by atoms with Gasteiger partial charge in [-0.25, -0.2) is 0 Å². The van der Waals surface area contributed by atoms with Crippen LogP contribution in [0.5, 0.6) is 5.75 Å². The van der Waals surface area contributed by atoms with Gasteiger partial charge in [-0.2, -0.15) is 0 Å². The Morgan fingerprint density at radius 1 is 0.604 bits per heavy atom. The van der Waals surface area contributed by atoms with Gasteiger partial charge in [-0.05, 0) is 59.7 Å². The first-order valence-electron chi connectivity index (χ1n) is 17.2. The first-order chi connectivity index (χ1) is 25.4. The van der Waals surface area contributed by atoms with Crippen molar-refractivity contribution in [3.8, 4) is 5.75 Å². The summed E-state index contributed by atoms with van der Waals surface area (Å²) in [5, 5.41) is 25.1. The molecule has 0 aliphatic carbocycles. The van der Waals surface area contributed by atoms with E-state index >= 15 is 0 Å². The summed E-state index contributed by atoms with van der Waals surface area (Å²) in [5.74, 6) is -3.65. The molecule has 1 heterocycles. The molecule has 1 aliphatic rings. The molecule has 3 aromatic rings. The van der Waals surface area contributed by atoms with Gasteiger partial charge in [-0.1, -0.05) is 54.6 Å². The van der Waals surface area contributed by atoms with Crippen molar-refractivity contribution in [2.24, 2.45) is 32.9 Å². The third kappa shape index (κ3) is 12.7. The molecule has 3 aromatic carbocycles. The first-order valence-corrected chi connectivity index (χ1v) is 17.2. The summed E-state index contributed by atoms with van der Waals surface area (Å²) in [6.45, 7) is -0.184. The van der Waals surface area contributed by atoms with E-state index in [9.17, 15) is 29.1 Å². The van der Waals surface area contributed by atoms with Crippen LogP contribution in [-0.2, 0) is 36.8 Å². The lowest BCUT2D eigenvalue weighted by Crippen LogP contribution is -2.58. The monoisotopic (exact) mass is 729 g/mol. The standard InChI is InChI=1S/C36H47N11O6/c37-35(38)41-15-3-7-26-31(50)43-20-30(49)44-28(18-21-10-13-25(48)14-11-21)33(52)47-29(19-22-9-12-23-5-1-2-6-24(23)17-22)34(53)46-27(32(51)45-26)8-4-16-42-36(39)40/h1-2,5-6,9-14,17,26-29,48H,3-4,7-8,15-16,18-20H2,(H,43,50)(H,44,49)(H,45,51)(H,46,53)(H,47,52)(H4,37,38,41)(H4,39,40,42)/t26-,27-,28-,29+/m1/s1. The van der Waals surface area contributed by atoms with Crippen LogP contribution in [0.1, 0.15) is 36.8 Å². The minimum absolute atomic E-state index is 0.00299. The van der Waals surface area contributed by atoms with Gasteiger partial charge in [0, 0.05) is 25.9 Å². The Labute approximate surface area is 306 Å². The van der Waals surface area contributed by atoms with Crippen LogP contribution in [0.25, 0.3) is 10.8 Å². The van der Waals surface area contributed by atoms with Crippen molar-refractivity contribution in [2.75, 3.05) is 19.6 Å². The quantitative estimate of drug-likeness (QED) is 0.0585. The van der Waals surface area contributed by atoms with Crippen molar-refractivity contribution in [1.82, 2.24) is 26.6 Å². The molecule has 0 unspecified atom stereocenters. The predicted octanol–water partition coefficient (Wildman–Crippen LogP) is -1.49. The molecule has 0 spiro atoms. The highest BCUT2D eigenvalue weighted by atomic mass is 16.3. The summed E-state index contributed by atoms with van der Waals surface area (Å²) in [4.78, 5) is 76.4. The highest BCUT2D eigenvalue weighted by Crippen LogP contribution is 2.18. The SMILES string of the molecule is NC(N)=NCCC[C@H]1NC(=O)[C@H](Cc2ccc3ccccc3c2)NC(=O)[C@@H](Cc2ccc(O)cc2)NC(=O)CNC(=O)[C@@H](CCCN=C(N)N)NC1=O. The molecular formula is C36H47N11O6. The summed E-state index contributed by atoms with van der Waals surface area (Å²) in [7, 11) is 0. The van der Waals surface area contributed by atoms with Crippen LogP contribution in [-0.4, -0.2) is 90.4 Å². The Morgan fingerprint density at radius 2 is 1.09 bits per heavy atom. The van der Waals surface area contributed by atoms with Gasteiger partial charge in [0.15, 0.2) is 11.9 Å². The Hall–Kier alpha value is -6.39. The van der Waals surface area contributed by atoms with Crippen LogP contribution >= 0.6 is 0 Å². The number of benzene rings is 3. The highest BCUT2D eigenvalue weighted by molar-refractivity contribution is 5.97. The second-order valence-corrected chi connectivity index (χ2v) is 12.7. The smallest absolute Gasteiger partial charge is 0.243 e. The number of nitrogens with zero attached hydrogens (tertiary/aromatic N) is 2. The Balaban J connectivity index is 1.70. The molecule has 282 valence electrons. The molecule has 53 heavy (non-hydrogen) atoms. The van der Waals surface area contributed by atoms with Crippen LogP contribution in [0.4, 0.5) is 0 Å². The lowest BCUT2D eigenvalue weighted by molar-refractivity contribution is -0.134. The average molecular weight is 730 g/mol. The summed E-state index contributed by atoms with van der Waals surface area (Å²) >= 11 is 0. The van der Waals surface area contributed by atoms with Gasteiger partial charge in [0.05, 0.1) is 6.54 Å². The van der Waals surface area contributed by atoms with Gasteiger partial charge in [0.1, 0.15) is 29.9 Å². The fourth-order valence-electron chi connectivity index (χ4n) is 5.79. The second kappa shape index (κ2) is 19.3. The number of phenols is 1. The van der Waals surface area contributed by atoms with Crippen molar-refractivity contribution < 1.29 is 29.1 Å². The molecule has 0 saturated carbocycles. The third-order valence-electron chi connectivity index (χ3n) is 8.49. The van der Waals surface area contributed by atoms with Crippen LogP contribution in [0, 0.1) is 0 Å². The summed E-state index contributed by atoms with van der Waals surface area (Å²) in [6.07, 6.45) is 0.794. The number of fused-ring (bicyclic) bond motifs is 1. The number of carbonyl (C=O) groups excluding carboxylic acids is 5. The number of phenolic OH excluding ortho intramolecular Hbond substituents is 1. The number of aromatic hydroxyl groups is 1. The van der Waals surface area contributed by atoms with Gasteiger partial charge in [-0.15, -0.1) is 0 Å². The van der Waals surface area contributed by atoms with Gasteiger partial charge in [-0.3, -0.25) is 34.0 Å². The fourth-order valence-corrected chi connectivity index (χ4v) is 5.79. The summed E-state index contributed by atoms with van der Waals surface area (Å²) in [6, 6.07) is 14.7. The van der Waals surface area contributed by atoms with E-state index in [0.717, 1.165) is 16.3 Å². The maximum absolute atomic E-state index is 14.1. The number of nitrogens with two attached hydrogens (primary N) is 4. The lowest BCUT2D eigenvalue weighted by atomic mass is 9.99. The molecule has 0 aromatic heterocycles. The average Bonchev–Trinajstić information content (AvgIpc) is 3.12. The molecule has 1 aliphatic heterocycles. The summed E-state index contributed by atoms with van der Waals surface area (Å²) < 4.78 is 0. The number of guanidine groups is 2. The van der Waals surface area contributed by atoms with Crippen molar-refractivity contribution in [2.45, 2.75) is 62.7 Å². The topological polar surface area (TPSA) is 295 Å². The van der Waals surface area contributed by atoms with Crippen molar-refractivity contribution in [1.29, 1.82) is 0 Å². The molecule has 0 bridgehead atoms. The van der Waals surface area contributed by atoms with Crippen molar-refractivity contribution >= 4 is 52.2 Å². The molecular weight excluding hydrogens is 682 g/mol. The molecule has 0 radical (unpaired) electrons. The van der Waals surface area contributed by atoms with Gasteiger partial charge in [0.25, 0.3) is 0 Å². The van der Waals surface area contributed by atoms with Crippen molar-refractivity contribution in [3.63, 3.8) is 0 Å². The number of amides is 5. The van der Waals surface area contributed by atoms with E-state index in [2.05, 4.69) is 36.6 Å². The number of rotatable bonds is 12. The molecule has 5 amide bonds. The molecule has 1 saturated heterocycles. The maximum atomic E-state index is 14.1. The molecule has 17 nitrogen and oxygen atoms in total. The minimum Gasteiger partial charge on any atom is -0.508 e. The highest BCUT2D eigenvalue weighted by Gasteiger charge is 2.32. The lowest BCUT2D eigenvalue weighted by Gasteiger charge is -2.26. The largest absolute Gasteiger partial charge is 0.508 e. The first kappa shape index (κ1) is 39.4. The zero-order valence-corrected chi connectivity index (χ0v) is 29.2. The van der Waals surface area contributed by atoms with Crippen LogP contribution in [0.15, 0.2) is 76.7 Å². The number of aliphatic imine (C=N–C) groups is 2. The molecule has 1 fully saturated rings. The normalized spacial score (nSPS) is 20.0. The molecule has 4 rings (SSSR count). The van der Waals surface area contributed by atoms with Gasteiger partial charge >= 0.3 is 0 Å². The zero-order valence-electron chi connectivity index (χ0n) is 29.2. The Kier molecular flexibility index (Phi) is 14.3. The Bertz CT molecular complexity index is 1820. The van der Waals surface area contributed by atoms with E-state index in [-0.39, 0.29) is 62.9 Å². The van der Waals surface area contributed by atoms with Crippen LogP contribution in [0.2, 0.25) is 0 Å².